The molecule has 0 atom stereocenters. The molecule has 1 aliphatic heterocycles. The van der Waals surface area contributed by atoms with E-state index in [1.807, 2.05) is 35.7 Å². The molecular formula is C23H27ClN6. The van der Waals surface area contributed by atoms with Gasteiger partial charge in [-0.15, -0.1) is 0 Å². The van der Waals surface area contributed by atoms with Gasteiger partial charge in [0.05, 0.1) is 29.6 Å². The monoisotopic (exact) mass is 422 g/mol. The Morgan fingerprint density at radius 3 is 2.47 bits per heavy atom. The Balaban J connectivity index is 1.88. The molecule has 7 heteroatoms. The summed E-state index contributed by atoms with van der Waals surface area (Å²) < 4.78 is 1.96. The van der Waals surface area contributed by atoms with Crippen LogP contribution in [-0.4, -0.2) is 52.2 Å². The van der Waals surface area contributed by atoms with Gasteiger partial charge in [0.1, 0.15) is 5.82 Å². The van der Waals surface area contributed by atoms with Crippen LogP contribution in [-0.2, 0) is 5.41 Å². The molecule has 0 aliphatic carbocycles. The normalized spacial score (nSPS) is 15.5. The molecule has 1 saturated heterocycles. The quantitative estimate of drug-likeness (QED) is 0.589. The maximum atomic E-state index is 8.99. The van der Waals surface area contributed by atoms with Gasteiger partial charge in [0.2, 0.25) is 0 Å². The first kappa shape index (κ1) is 20.6. The molecule has 1 fully saturated rings. The highest BCUT2D eigenvalue weighted by atomic mass is 35.5. The molecule has 1 aromatic carbocycles. The summed E-state index contributed by atoms with van der Waals surface area (Å²) in [4.78, 5) is 9.58. The summed E-state index contributed by atoms with van der Waals surface area (Å²) in [5, 5.41) is 14.6. The number of halogens is 1. The fourth-order valence-corrected chi connectivity index (χ4v) is 4.16. The second kappa shape index (κ2) is 7.90. The van der Waals surface area contributed by atoms with Gasteiger partial charge < -0.3 is 4.90 Å². The fourth-order valence-electron chi connectivity index (χ4n) is 3.93. The van der Waals surface area contributed by atoms with Gasteiger partial charge in [0, 0.05) is 48.2 Å². The minimum absolute atomic E-state index is 0.102. The van der Waals surface area contributed by atoms with Crippen LogP contribution in [0.4, 0.5) is 5.82 Å². The average molecular weight is 423 g/mol. The van der Waals surface area contributed by atoms with Crippen LogP contribution in [0.5, 0.6) is 0 Å². The van der Waals surface area contributed by atoms with Crippen LogP contribution >= 0.6 is 11.6 Å². The molecule has 3 aromatic rings. The molecule has 30 heavy (non-hydrogen) atoms. The summed E-state index contributed by atoms with van der Waals surface area (Å²) in [5.41, 5.74) is 4.60. The molecule has 4 rings (SSSR count). The number of nitriles is 1. The van der Waals surface area contributed by atoms with Gasteiger partial charge in [0.15, 0.2) is 5.65 Å². The Bertz CT molecular complexity index is 1110. The first-order valence-electron chi connectivity index (χ1n) is 10.3. The Morgan fingerprint density at radius 2 is 1.83 bits per heavy atom. The number of fused-ring (bicyclic) bond motifs is 1. The van der Waals surface area contributed by atoms with Crippen LogP contribution in [0.15, 0.2) is 30.3 Å². The molecule has 0 amide bonds. The van der Waals surface area contributed by atoms with Crippen molar-refractivity contribution >= 4 is 23.1 Å². The zero-order valence-corrected chi connectivity index (χ0v) is 18.7. The lowest BCUT2D eigenvalue weighted by molar-refractivity contribution is 0.286. The first-order valence-corrected chi connectivity index (χ1v) is 10.7. The van der Waals surface area contributed by atoms with Crippen LogP contribution in [0.25, 0.3) is 16.8 Å². The largest absolute Gasteiger partial charge is 0.354 e. The number of anilines is 1. The third-order valence-electron chi connectivity index (χ3n) is 5.65. The SMILES string of the molecule is Cc1nn2c(N3CCN(CC#N)CC3)cc(C(C)(C)C)nc2c1-c1ccccc1Cl. The highest BCUT2D eigenvalue weighted by Gasteiger charge is 2.26. The van der Waals surface area contributed by atoms with E-state index in [1.54, 1.807) is 0 Å². The molecule has 156 valence electrons. The summed E-state index contributed by atoms with van der Waals surface area (Å²) in [7, 11) is 0. The third-order valence-corrected chi connectivity index (χ3v) is 5.98. The van der Waals surface area contributed by atoms with Crippen LogP contribution in [0.3, 0.4) is 0 Å². The standard InChI is InChI=1S/C23H27ClN6/c1-16-21(17-7-5-6-8-18(17)24)22-26-19(23(2,3)4)15-20(30(22)27-16)29-13-11-28(10-9-25)12-14-29/h5-8,15H,10-14H2,1-4H3. The number of benzene rings is 1. The van der Waals surface area contributed by atoms with Crippen molar-refractivity contribution in [1.82, 2.24) is 19.5 Å². The van der Waals surface area contributed by atoms with Gasteiger partial charge in [-0.3, -0.25) is 4.90 Å². The first-order chi connectivity index (χ1) is 14.3. The minimum atomic E-state index is -0.102. The Hall–Kier alpha value is -2.62. The zero-order valence-electron chi connectivity index (χ0n) is 18.0. The summed E-state index contributed by atoms with van der Waals surface area (Å²) in [6, 6.07) is 12.3. The summed E-state index contributed by atoms with van der Waals surface area (Å²) in [6.45, 7) is 12.5. The van der Waals surface area contributed by atoms with E-state index in [0.717, 1.165) is 60.2 Å². The molecule has 6 nitrogen and oxygen atoms in total. The molecule has 0 N–H and O–H groups in total. The highest BCUT2D eigenvalue weighted by Crippen LogP contribution is 2.36. The molecule has 0 unspecified atom stereocenters. The second-order valence-electron chi connectivity index (χ2n) is 8.85. The zero-order chi connectivity index (χ0) is 21.5. The van der Waals surface area contributed by atoms with Gasteiger partial charge in [-0.05, 0) is 13.0 Å². The molecule has 3 heterocycles. The number of hydrogen-bond donors (Lipinski definition) is 0. The lowest BCUT2D eigenvalue weighted by atomic mass is 9.91. The molecule has 1 aliphatic rings. The van der Waals surface area contributed by atoms with Crippen molar-refractivity contribution in [2.75, 3.05) is 37.6 Å². The molecule has 2 aromatic heterocycles. The second-order valence-corrected chi connectivity index (χ2v) is 9.25. The number of rotatable bonds is 3. The van der Waals surface area contributed by atoms with Gasteiger partial charge in [0.25, 0.3) is 0 Å². The van der Waals surface area contributed by atoms with Gasteiger partial charge in [-0.2, -0.15) is 14.9 Å². The summed E-state index contributed by atoms with van der Waals surface area (Å²) >= 11 is 6.54. The molecule has 0 radical (unpaired) electrons. The van der Waals surface area contributed by atoms with Crippen LogP contribution in [0.2, 0.25) is 5.02 Å². The number of hydrogen-bond acceptors (Lipinski definition) is 5. The molecule has 0 spiro atoms. The van der Waals surface area contributed by atoms with Crippen molar-refractivity contribution in [3.8, 4) is 17.2 Å². The lowest BCUT2D eigenvalue weighted by Crippen LogP contribution is -2.47. The van der Waals surface area contributed by atoms with E-state index in [2.05, 4.69) is 42.7 Å². The Kier molecular flexibility index (Phi) is 5.44. The predicted molar refractivity (Wildman–Crippen MR) is 121 cm³/mol. The fraction of sp³-hybridized carbons (Fsp3) is 0.435. The van der Waals surface area contributed by atoms with Gasteiger partial charge in [-0.1, -0.05) is 50.6 Å². The average Bonchev–Trinajstić information content (AvgIpc) is 3.04. The van der Waals surface area contributed by atoms with Crippen molar-refractivity contribution in [3.05, 3.63) is 46.7 Å². The van der Waals surface area contributed by atoms with Crippen LogP contribution < -0.4 is 4.90 Å². The Morgan fingerprint density at radius 1 is 1.13 bits per heavy atom. The summed E-state index contributed by atoms with van der Waals surface area (Å²) in [6.07, 6.45) is 0. The van der Waals surface area contributed by atoms with E-state index >= 15 is 0 Å². The van der Waals surface area contributed by atoms with Crippen molar-refractivity contribution in [2.45, 2.75) is 33.1 Å². The van der Waals surface area contributed by atoms with Gasteiger partial charge >= 0.3 is 0 Å². The molecular weight excluding hydrogens is 396 g/mol. The van der Waals surface area contributed by atoms with E-state index in [1.165, 1.54) is 0 Å². The number of aromatic nitrogens is 3. The topological polar surface area (TPSA) is 60.5 Å². The van der Waals surface area contributed by atoms with E-state index in [4.69, 9.17) is 26.9 Å². The highest BCUT2D eigenvalue weighted by molar-refractivity contribution is 6.33. The lowest BCUT2D eigenvalue weighted by Gasteiger charge is -2.35. The summed E-state index contributed by atoms with van der Waals surface area (Å²) in [5.74, 6) is 1.04. The van der Waals surface area contributed by atoms with Crippen LogP contribution in [0, 0.1) is 18.3 Å². The Labute approximate surface area is 182 Å². The maximum absolute atomic E-state index is 8.99. The van der Waals surface area contributed by atoms with Crippen molar-refractivity contribution in [2.24, 2.45) is 0 Å². The molecule has 0 saturated carbocycles. The third kappa shape index (κ3) is 3.76. The van der Waals surface area contributed by atoms with Gasteiger partial charge in [-0.25, -0.2) is 4.98 Å². The van der Waals surface area contributed by atoms with E-state index < -0.39 is 0 Å². The van der Waals surface area contributed by atoms with Crippen molar-refractivity contribution in [3.63, 3.8) is 0 Å². The number of piperazine rings is 1. The molecule has 0 bridgehead atoms. The maximum Gasteiger partial charge on any atom is 0.165 e. The van der Waals surface area contributed by atoms with Crippen LogP contribution in [0.1, 0.15) is 32.2 Å². The van der Waals surface area contributed by atoms with Crippen molar-refractivity contribution in [1.29, 1.82) is 5.26 Å². The van der Waals surface area contributed by atoms with Crippen molar-refractivity contribution < 1.29 is 0 Å². The predicted octanol–water partition coefficient (Wildman–Crippen LogP) is 4.30. The van der Waals surface area contributed by atoms with E-state index in [-0.39, 0.29) is 5.41 Å². The smallest absolute Gasteiger partial charge is 0.165 e. The van der Waals surface area contributed by atoms with E-state index in [9.17, 15) is 0 Å². The minimum Gasteiger partial charge on any atom is -0.354 e. The van der Waals surface area contributed by atoms with E-state index in [0.29, 0.717) is 11.6 Å². The number of aryl methyl sites for hydroxylation is 1. The number of nitrogens with zero attached hydrogens (tertiary/aromatic N) is 6.